The Morgan fingerprint density at radius 2 is 0.929 bits per heavy atom. The SMILES string of the molecule is CC(=O)[N+](C)(C)CCO.CC(=O)[N+](C)(C)CCO.O=C([O-])C(O)C(O)C(=O)[O-]. The van der Waals surface area contributed by atoms with Crippen LogP contribution in [0.5, 0.6) is 0 Å². The Morgan fingerprint density at radius 1 is 0.714 bits per heavy atom. The van der Waals surface area contributed by atoms with Crippen molar-refractivity contribution in [2.24, 2.45) is 0 Å². The minimum absolute atomic E-state index is 0.0621. The number of aliphatic hydroxyl groups excluding tert-OH is 4. The number of aliphatic hydroxyl groups is 4. The number of quaternary nitrogens is 2. The number of carbonyl (C=O) groups is 4. The van der Waals surface area contributed by atoms with E-state index in [0.29, 0.717) is 13.1 Å². The number of carboxylic acids is 2. The minimum atomic E-state index is -2.44. The molecule has 0 aromatic rings. The van der Waals surface area contributed by atoms with Gasteiger partial charge in [0.1, 0.15) is 25.3 Å². The number of nitrogens with zero attached hydrogens (tertiary/aromatic N) is 2. The van der Waals surface area contributed by atoms with Crippen LogP contribution in [0.15, 0.2) is 0 Å². The van der Waals surface area contributed by atoms with E-state index in [9.17, 15) is 29.4 Å². The van der Waals surface area contributed by atoms with Gasteiger partial charge in [0.15, 0.2) is 0 Å². The zero-order valence-electron chi connectivity index (χ0n) is 17.1. The number of likely N-dealkylation sites (N-methyl/N-ethyl adjacent to an activating group) is 2. The second-order valence-corrected chi connectivity index (χ2v) is 6.83. The summed E-state index contributed by atoms with van der Waals surface area (Å²) in [5.41, 5.74) is 0. The largest absolute Gasteiger partial charge is 0.547 e. The van der Waals surface area contributed by atoms with E-state index in [1.165, 1.54) is 13.8 Å². The molecular formula is C16H32N2O10. The first-order valence-electron chi connectivity index (χ1n) is 8.15. The highest BCUT2D eigenvalue weighted by Crippen LogP contribution is 1.95. The molecule has 166 valence electrons. The van der Waals surface area contributed by atoms with Crippen LogP contribution in [-0.2, 0) is 19.2 Å². The highest BCUT2D eigenvalue weighted by molar-refractivity contribution is 5.80. The van der Waals surface area contributed by atoms with Crippen molar-refractivity contribution >= 4 is 23.8 Å². The van der Waals surface area contributed by atoms with E-state index in [1.54, 1.807) is 28.2 Å². The summed E-state index contributed by atoms with van der Waals surface area (Å²) in [6.45, 7) is 4.16. The molecule has 2 atom stereocenters. The van der Waals surface area contributed by atoms with Crippen molar-refractivity contribution in [3.63, 3.8) is 0 Å². The number of amides is 2. The fourth-order valence-electron chi connectivity index (χ4n) is 1.07. The third-order valence-corrected chi connectivity index (χ3v) is 3.80. The zero-order chi connectivity index (χ0) is 23.3. The van der Waals surface area contributed by atoms with E-state index in [4.69, 9.17) is 20.4 Å². The molecular weight excluding hydrogens is 380 g/mol. The summed E-state index contributed by atoms with van der Waals surface area (Å²) < 4.78 is 0.521. The Morgan fingerprint density at radius 3 is 1.00 bits per heavy atom. The van der Waals surface area contributed by atoms with Crippen molar-refractivity contribution in [1.29, 1.82) is 0 Å². The fraction of sp³-hybridized carbons (Fsp3) is 0.750. The van der Waals surface area contributed by atoms with E-state index in [-0.39, 0.29) is 34.0 Å². The molecule has 0 rings (SSSR count). The molecule has 0 aromatic heterocycles. The van der Waals surface area contributed by atoms with Crippen LogP contribution in [0.3, 0.4) is 0 Å². The first-order chi connectivity index (χ1) is 12.5. The van der Waals surface area contributed by atoms with Gasteiger partial charge in [0, 0.05) is 0 Å². The first-order valence-corrected chi connectivity index (χ1v) is 8.15. The maximum absolute atomic E-state index is 10.7. The molecule has 0 aliphatic rings. The number of carbonyl (C=O) groups excluding carboxylic acids is 4. The smallest absolute Gasteiger partial charge is 0.310 e. The third-order valence-electron chi connectivity index (χ3n) is 3.80. The second-order valence-electron chi connectivity index (χ2n) is 6.83. The molecule has 0 aromatic carbocycles. The van der Waals surface area contributed by atoms with Crippen molar-refractivity contribution in [2.75, 3.05) is 54.5 Å². The summed E-state index contributed by atoms with van der Waals surface area (Å²) in [7, 11) is 7.11. The second kappa shape index (κ2) is 14.1. The quantitative estimate of drug-likeness (QED) is 0.293. The lowest BCUT2D eigenvalue weighted by molar-refractivity contribution is -0.813. The number of hydrogen-bond acceptors (Lipinski definition) is 10. The number of rotatable bonds is 7. The molecule has 0 aliphatic carbocycles. The predicted molar refractivity (Wildman–Crippen MR) is 91.5 cm³/mol. The molecule has 28 heavy (non-hydrogen) atoms. The Bertz CT molecular complexity index is 474. The van der Waals surface area contributed by atoms with E-state index in [0.717, 1.165) is 0 Å². The number of aliphatic carboxylic acids is 2. The highest BCUT2D eigenvalue weighted by atomic mass is 16.4. The van der Waals surface area contributed by atoms with Gasteiger partial charge in [-0.05, 0) is 0 Å². The Labute approximate surface area is 164 Å². The van der Waals surface area contributed by atoms with Crippen molar-refractivity contribution in [3.8, 4) is 0 Å². The van der Waals surface area contributed by atoms with Crippen LogP contribution >= 0.6 is 0 Å². The molecule has 2 unspecified atom stereocenters. The summed E-state index contributed by atoms with van der Waals surface area (Å²) in [6.07, 6.45) is -4.88. The standard InChI is InChI=1S/2C6H14NO2.C4H6O6/c2*1-6(9)7(2,3)4-5-8;5-1(3(7)8)2(6)4(9)10/h2*8H,4-5H2,1-3H3;1-2,5-6H,(H,7,8)(H,9,10)/q2*+1;/p-2. The normalized spacial score (nSPS) is 13.1. The lowest BCUT2D eigenvalue weighted by Gasteiger charge is -2.23. The van der Waals surface area contributed by atoms with E-state index in [1.807, 2.05) is 0 Å². The average molecular weight is 412 g/mol. The van der Waals surface area contributed by atoms with E-state index in [2.05, 4.69) is 0 Å². The van der Waals surface area contributed by atoms with Crippen molar-refractivity contribution in [2.45, 2.75) is 26.1 Å². The van der Waals surface area contributed by atoms with Crippen LogP contribution in [0, 0.1) is 0 Å². The van der Waals surface area contributed by atoms with Gasteiger partial charge >= 0.3 is 11.8 Å². The van der Waals surface area contributed by atoms with Crippen LogP contribution < -0.4 is 10.2 Å². The molecule has 0 bridgehead atoms. The van der Waals surface area contributed by atoms with Gasteiger partial charge in [-0.25, -0.2) is 9.59 Å². The summed E-state index contributed by atoms with van der Waals surface area (Å²) in [6, 6.07) is 0. The van der Waals surface area contributed by atoms with Gasteiger partial charge in [-0.3, -0.25) is 8.97 Å². The van der Waals surface area contributed by atoms with Gasteiger partial charge in [0.25, 0.3) is 0 Å². The Hall–Kier alpha value is -1.96. The molecule has 0 saturated heterocycles. The van der Waals surface area contributed by atoms with Gasteiger partial charge in [-0.2, -0.15) is 0 Å². The van der Waals surface area contributed by atoms with E-state index < -0.39 is 24.1 Å². The molecule has 0 saturated carbocycles. The van der Waals surface area contributed by atoms with Crippen LogP contribution in [0.2, 0.25) is 0 Å². The maximum Gasteiger partial charge on any atom is 0.310 e. The Kier molecular flexibility index (Phi) is 15.5. The fourth-order valence-corrected chi connectivity index (χ4v) is 1.07. The van der Waals surface area contributed by atoms with Gasteiger partial charge in [0.2, 0.25) is 0 Å². The minimum Gasteiger partial charge on any atom is -0.547 e. The summed E-state index contributed by atoms with van der Waals surface area (Å²) in [4.78, 5) is 40.7. The van der Waals surface area contributed by atoms with E-state index >= 15 is 0 Å². The lowest BCUT2D eigenvalue weighted by atomic mass is 10.2. The van der Waals surface area contributed by atoms with Gasteiger partial charge in [-0.15, -0.1) is 0 Å². The summed E-state index contributed by atoms with van der Waals surface area (Å²) in [5.74, 6) is -3.97. The van der Waals surface area contributed by atoms with Crippen molar-refractivity contribution in [3.05, 3.63) is 0 Å². The lowest BCUT2D eigenvalue weighted by Crippen LogP contribution is -2.51. The van der Waals surface area contributed by atoms with Crippen molar-refractivity contribution < 1.29 is 58.8 Å². The molecule has 0 radical (unpaired) electrons. The molecule has 0 spiro atoms. The first kappa shape index (κ1) is 30.8. The monoisotopic (exact) mass is 412 g/mol. The van der Waals surface area contributed by atoms with Crippen molar-refractivity contribution in [1.82, 2.24) is 0 Å². The number of hydrogen-bond donors (Lipinski definition) is 4. The number of carboxylic acid groups (broad SMARTS) is 2. The molecule has 12 nitrogen and oxygen atoms in total. The summed E-state index contributed by atoms with van der Waals surface area (Å²) in [5, 5.41) is 52.7. The van der Waals surface area contributed by atoms with Crippen LogP contribution in [0.4, 0.5) is 0 Å². The topological polar surface area (TPSA) is 195 Å². The third kappa shape index (κ3) is 14.1. The maximum atomic E-state index is 10.7. The molecule has 2 amide bonds. The molecule has 0 aliphatic heterocycles. The molecule has 12 heteroatoms. The van der Waals surface area contributed by atoms with Crippen LogP contribution in [0.25, 0.3) is 0 Å². The van der Waals surface area contributed by atoms with Crippen LogP contribution in [0.1, 0.15) is 13.8 Å². The van der Waals surface area contributed by atoms with Gasteiger partial charge < -0.3 is 40.2 Å². The Balaban J connectivity index is -0.000000336. The zero-order valence-corrected chi connectivity index (χ0v) is 17.1. The summed E-state index contributed by atoms with van der Waals surface area (Å²) >= 11 is 0. The van der Waals surface area contributed by atoms with Crippen LogP contribution in [-0.4, -0.2) is 120 Å². The highest BCUT2D eigenvalue weighted by Gasteiger charge is 2.20. The van der Waals surface area contributed by atoms with Gasteiger partial charge in [0.05, 0.1) is 67.2 Å². The predicted octanol–water partition coefficient (Wildman–Crippen LogP) is -5.59. The molecule has 0 heterocycles. The molecule has 4 N–H and O–H groups in total. The molecule has 0 fully saturated rings. The van der Waals surface area contributed by atoms with Gasteiger partial charge in [-0.1, -0.05) is 0 Å². The average Bonchev–Trinajstić information content (AvgIpc) is 2.54.